The molecule has 0 atom stereocenters. The SMILES string of the molecule is CC(C)CC(=O)Nc1ccc(NC(=O)COc2ccc(Br)cc2F)cc1. The zero-order chi connectivity index (χ0) is 19.1. The zero-order valence-electron chi connectivity index (χ0n) is 14.5. The number of halogens is 2. The van der Waals surface area contributed by atoms with Gasteiger partial charge in [0.1, 0.15) is 0 Å². The van der Waals surface area contributed by atoms with Gasteiger partial charge in [-0.2, -0.15) is 0 Å². The number of carbonyl (C=O) groups is 2. The molecule has 0 aliphatic carbocycles. The van der Waals surface area contributed by atoms with Crippen molar-refractivity contribution in [3.63, 3.8) is 0 Å². The van der Waals surface area contributed by atoms with E-state index >= 15 is 0 Å². The summed E-state index contributed by atoms with van der Waals surface area (Å²) in [5.41, 5.74) is 1.21. The van der Waals surface area contributed by atoms with Crippen molar-refractivity contribution in [2.75, 3.05) is 17.2 Å². The van der Waals surface area contributed by atoms with E-state index in [0.717, 1.165) is 0 Å². The van der Waals surface area contributed by atoms with Crippen molar-refractivity contribution >= 4 is 39.1 Å². The quantitative estimate of drug-likeness (QED) is 0.685. The fraction of sp³-hybridized carbons (Fsp3) is 0.263. The van der Waals surface area contributed by atoms with Crippen LogP contribution in [0.1, 0.15) is 20.3 Å². The summed E-state index contributed by atoms with van der Waals surface area (Å²) < 4.78 is 19.4. The Bertz CT molecular complexity index is 779. The van der Waals surface area contributed by atoms with Gasteiger partial charge in [0, 0.05) is 22.3 Å². The van der Waals surface area contributed by atoms with Crippen LogP contribution < -0.4 is 15.4 Å². The van der Waals surface area contributed by atoms with Gasteiger partial charge in [-0.25, -0.2) is 4.39 Å². The maximum absolute atomic E-state index is 13.6. The number of rotatable bonds is 7. The third-order valence-corrected chi connectivity index (χ3v) is 3.79. The van der Waals surface area contributed by atoms with E-state index in [1.165, 1.54) is 12.1 Å². The Morgan fingerprint density at radius 3 is 2.15 bits per heavy atom. The molecule has 2 aromatic carbocycles. The molecule has 2 amide bonds. The van der Waals surface area contributed by atoms with Gasteiger partial charge in [0.15, 0.2) is 18.2 Å². The number of ether oxygens (including phenoxy) is 1. The second kappa shape index (κ2) is 9.33. The first-order valence-corrected chi connectivity index (χ1v) is 8.90. The number of hydrogen-bond acceptors (Lipinski definition) is 3. The molecule has 2 aromatic rings. The van der Waals surface area contributed by atoms with Crippen LogP contribution in [0.25, 0.3) is 0 Å². The molecule has 0 fully saturated rings. The highest BCUT2D eigenvalue weighted by Gasteiger charge is 2.09. The minimum absolute atomic E-state index is 0.00608. The minimum atomic E-state index is -0.548. The molecule has 138 valence electrons. The lowest BCUT2D eigenvalue weighted by Gasteiger charge is -2.10. The van der Waals surface area contributed by atoms with Gasteiger partial charge >= 0.3 is 0 Å². The predicted octanol–water partition coefficient (Wildman–Crippen LogP) is 4.59. The molecule has 0 aromatic heterocycles. The van der Waals surface area contributed by atoms with E-state index in [0.29, 0.717) is 22.3 Å². The number of nitrogens with one attached hydrogen (secondary N) is 2. The second-order valence-corrected chi connectivity index (χ2v) is 7.05. The smallest absolute Gasteiger partial charge is 0.262 e. The van der Waals surface area contributed by atoms with Gasteiger partial charge in [-0.15, -0.1) is 0 Å². The van der Waals surface area contributed by atoms with Crippen LogP contribution in [0.4, 0.5) is 15.8 Å². The average Bonchev–Trinajstić information content (AvgIpc) is 2.55. The minimum Gasteiger partial charge on any atom is -0.481 e. The third-order valence-electron chi connectivity index (χ3n) is 3.30. The summed E-state index contributed by atoms with van der Waals surface area (Å²) in [7, 11) is 0. The summed E-state index contributed by atoms with van der Waals surface area (Å²) in [6, 6.07) is 11.1. The first-order chi connectivity index (χ1) is 12.3. The molecule has 0 aliphatic heterocycles. The van der Waals surface area contributed by atoms with Gasteiger partial charge in [0.25, 0.3) is 5.91 Å². The van der Waals surface area contributed by atoms with Gasteiger partial charge in [-0.3, -0.25) is 9.59 Å². The molecule has 26 heavy (non-hydrogen) atoms. The average molecular weight is 423 g/mol. The van der Waals surface area contributed by atoms with Crippen molar-refractivity contribution in [1.82, 2.24) is 0 Å². The first-order valence-electron chi connectivity index (χ1n) is 8.11. The molecule has 0 unspecified atom stereocenters. The normalized spacial score (nSPS) is 10.5. The molecule has 2 rings (SSSR count). The van der Waals surface area contributed by atoms with Gasteiger partial charge in [0.2, 0.25) is 5.91 Å². The molecule has 0 bridgehead atoms. The molecule has 0 spiro atoms. The Morgan fingerprint density at radius 1 is 1.04 bits per heavy atom. The van der Waals surface area contributed by atoms with Crippen LogP contribution in [-0.4, -0.2) is 18.4 Å². The van der Waals surface area contributed by atoms with Crippen LogP contribution in [0.15, 0.2) is 46.9 Å². The summed E-state index contributed by atoms with van der Waals surface area (Å²) >= 11 is 3.15. The summed E-state index contributed by atoms with van der Waals surface area (Å²) in [6.07, 6.45) is 0.447. The Kier molecular flexibility index (Phi) is 7.15. The van der Waals surface area contributed by atoms with Gasteiger partial charge in [-0.05, 0) is 48.4 Å². The Balaban J connectivity index is 1.84. The lowest BCUT2D eigenvalue weighted by molar-refractivity contribution is -0.118. The van der Waals surface area contributed by atoms with Gasteiger partial charge in [-0.1, -0.05) is 29.8 Å². The van der Waals surface area contributed by atoms with Crippen molar-refractivity contribution in [1.29, 1.82) is 0 Å². The largest absolute Gasteiger partial charge is 0.481 e. The summed E-state index contributed by atoms with van der Waals surface area (Å²) in [6.45, 7) is 3.63. The van der Waals surface area contributed by atoms with Crippen molar-refractivity contribution in [2.45, 2.75) is 20.3 Å². The van der Waals surface area contributed by atoms with E-state index in [2.05, 4.69) is 26.6 Å². The van der Waals surface area contributed by atoms with E-state index in [1.54, 1.807) is 30.3 Å². The Hall–Kier alpha value is -2.41. The molecule has 5 nitrogen and oxygen atoms in total. The van der Waals surface area contributed by atoms with Crippen LogP contribution in [0.5, 0.6) is 5.75 Å². The van der Waals surface area contributed by atoms with Crippen molar-refractivity contribution in [3.8, 4) is 5.75 Å². The molecule has 0 aliphatic rings. The standard InChI is InChI=1S/C19H20BrFN2O3/c1-12(2)9-18(24)22-14-4-6-15(7-5-14)23-19(25)11-26-17-8-3-13(20)10-16(17)21/h3-8,10,12H,9,11H2,1-2H3,(H,22,24)(H,23,25). The van der Waals surface area contributed by atoms with Crippen LogP contribution in [0, 0.1) is 11.7 Å². The first kappa shape index (κ1) is 19.9. The molecule has 0 radical (unpaired) electrons. The molecule has 0 heterocycles. The summed E-state index contributed by atoms with van der Waals surface area (Å²) in [4.78, 5) is 23.6. The summed E-state index contributed by atoms with van der Waals surface area (Å²) in [5, 5.41) is 5.44. The third kappa shape index (κ3) is 6.48. The maximum atomic E-state index is 13.6. The number of carbonyl (C=O) groups excluding carboxylic acids is 2. The highest BCUT2D eigenvalue weighted by atomic mass is 79.9. The molecular weight excluding hydrogens is 403 g/mol. The number of hydrogen-bond donors (Lipinski definition) is 2. The van der Waals surface area contributed by atoms with Gasteiger partial charge in [0.05, 0.1) is 0 Å². The van der Waals surface area contributed by atoms with E-state index in [-0.39, 0.29) is 24.2 Å². The van der Waals surface area contributed by atoms with Crippen molar-refractivity contribution in [3.05, 3.63) is 52.8 Å². The Labute approximate surface area is 160 Å². The molecule has 0 saturated carbocycles. The van der Waals surface area contributed by atoms with E-state index < -0.39 is 11.7 Å². The van der Waals surface area contributed by atoms with Crippen LogP contribution in [0.3, 0.4) is 0 Å². The molecule has 7 heteroatoms. The number of anilines is 2. The second-order valence-electron chi connectivity index (χ2n) is 6.14. The fourth-order valence-electron chi connectivity index (χ4n) is 2.15. The van der Waals surface area contributed by atoms with E-state index in [1.807, 2.05) is 13.8 Å². The molecular formula is C19H20BrFN2O3. The number of benzene rings is 2. The van der Waals surface area contributed by atoms with Gasteiger partial charge < -0.3 is 15.4 Å². The van der Waals surface area contributed by atoms with Crippen LogP contribution in [-0.2, 0) is 9.59 Å². The lowest BCUT2D eigenvalue weighted by atomic mass is 10.1. The van der Waals surface area contributed by atoms with Crippen molar-refractivity contribution < 1.29 is 18.7 Å². The highest BCUT2D eigenvalue weighted by molar-refractivity contribution is 9.10. The van der Waals surface area contributed by atoms with E-state index in [9.17, 15) is 14.0 Å². The highest BCUT2D eigenvalue weighted by Crippen LogP contribution is 2.21. The van der Waals surface area contributed by atoms with Crippen LogP contribution in [0.2, 0.25) is 0 Å². The molecule has 0 saturated heterocycles. The van der Waals surface area contributed by atoms with E-state index in [4.69, 9.17) is 4.74 Å². The zero-order valence-corrected chi connectivity index (χ0v) is 16.1. The Morgan fingerprint density at radius 2 is 1.62 bits per heavy atom. The maximum Gasteiger partial charge on any atom is 0.262 e. The van der Waals surface area contributed by atoms with Crippen molar-refractivity contribution in [2.24, 2.45) is 5.92 Å². The summed E-state index contributed by atoms with van der Waals surface area (Å²) in [5.74, 6) is -0.727. The van der Waals surface area contributed by atoms with Crippen LogP contribution >= 0.6 is 15.9 Å². The number of amides is 2. The topological polar surface area (TPSA) is 67.4 Å². The fourth-order valence-corrected chi connectivity index (χ4v) is 2.49. The molecule has 2 N–H and O–H groups in total. The predicted molar refractivity (Wildman–Crippen MR) is 103 cm³/mol. The lowest BCUT2D eigenvalue weighted by Crippen LogP contribution is -2.20. The monoisotopic (exact) mass is 422 g/mol.